The first-order chi connectivity index (χ1) is 25.4. The summed E-state index contributed by atoms with van der Waals surface area (Å²) in [6.45, 7) is 8.00. The number of nitrogens with two attached hydrogens (primary N) is 1. The zero-order valence-electron chi connectivity index (χ0n) is 30.6. The number of alkyl carbamates (subject to hydrolysis) is 1. The fraction of sp³-hybridized carbons (Fsp3) is 0.425. The van der Waals surface area contributed by atoms with E-state index in [1.165, 1.54) is 4.90 Å². The predicted molar refractivity (Wildman–Crippen MR) is 200 cm³/mol. The highest BCUT2D eigenvalue weighted by atomic mass is 16.6. The summed E-state index contributed by atoms with van der Waals surface area (Å²) in [4.78, 5) is 46.6. The molecule has 0 bridgehead atoms. The van der Waals surface area contributed by atoms with Crippen molar-refractivity contribution < 1.29 is 23.5 Å². The number of hydrogen-bond acceptors (Lipinski definition) is 10. The second kappa shape index (κ2) is 14.9. The van der Waals surface area contributed by atoms with Crippen LogP contribution in [-0.2, 0) is 20.7 Å². The number of carbonyl (C=O) groups excluding carboxylic acids is 3. The fourth-order valence-corrected chi connectivity index (χ4v) is 6.98. The largest absolute Gasteiger partial charge is 0.444 e. The second-order valence-corrected chi connectivity index (χ2v) is 15.4. The minimum Gasteiger partial charge on any atom is -0.444 e. The molecule has 13 nitrogen and oxygen atoms in total. The molecule has 276 valence electrons. The number of nitrogens with one attached hydrogen (secondary N) is 2. The topological polar surface area (TPSA) is 182 Å². The van der Waals surface area contributed by atoms with Crippen LogP contribution in [0.3, 0.4) is 0 Å². The second-order valence-electron chi connectivity index (χ2n) is 15.4. The third kappa shape index (κ3) is 8.46. The molecule has 2 aromatic heterocycles. The molecule has 4 N–H and O–H groups in total. The van der Waals surface area contributed by atoms with Gasteiger partial charge in [0.15, 0.2) is 11.5 Å². The first kappa shape index (κ1) is 36.0. The number of H-pyrrole nitrogens is 1. The minimum absolute atomic E-state index is 0.206. The van der Waals surface area contributed by atoms with E-state index in [-0.39, 0.29) is 24.2 Å². The first-order valence-electron chi connectivity index (χ1n) is 18.4. The summed E-state index contributed by atoms with van der Waals surface area (Å²) in [5.74, 6) is 0.742. The van der Waals surface area contributed by atoms with Gasteiger partial charge in [0.05, 0.1) is 11.7 Å². The molecule has 1 atom stereocenters. The number of amides is 3. The van der Waals surface area contributed by atoms with Crippen LogP contribution in [0, 0.1) is 18.8 Å². The highest BCUT2D eigenvalue weighted by Crippen LogP contribution is 2.41. The van der Waals surface area contributed by atoms with E-state index in [9.17, 15) is 14.4 Å². The van der Waals surface area contributed by atoms with Gasteiger partial charge in [-0.1, -0.05) is 24.3 Å². The van der Waals surface area contributed by atoms with Gasteiger partial charge in [0.25, 0.3) is 5.91 Å². The molecule has 0 aliphatic heterocycles. The summed E-state index contributed by atoms with van der Waals surface area (Å²) in [6, 6.07) is 18.1. The number of aromatic amines is 1. The van der Waals surface area contributed by atoms with Crippen LogP contribution >= 0.6 is 0 Å². The Morgan fingerprint density at radius 1 is 0.981 bits per heavy atom. The average Bonchev–Trinajstić information content (AvgIpc) is 3.67. The van der Waals surface area contributed by atoms with Gasteiger partial charge < -0.3 is 20.2 Å². The Labute approximate surface area is 308 Å². The summed E-state index contributed by atoms with van der Waals surface area (Å²) < 4.78 is 11.4. The van der Waals surface area contributed by atoms with Crippen molar-refractivity contribution >= 4 is 34.7 Å². The maximum atomic E-state index is 14.2. The molecule has 2 aliphatic rings. The van der Waals surface area contributed by atoms with Crippen molar-refractivity contribution in [2.75, 3.05) is 11.4 Å². The summed E-state index contributed by atoms with van der Waals surface area (Å²) in [6.07, 6.45) is 4.68. The number of anilines is 1. The molecule has 3 amide bonds. The lowest BCUT2D eigenvalue weighted by Crippen LogP contribution is -2.50. The van der Waals surface area contributed by atoms with Crippen molar-refractivity contribution in [2.24, 2.45) is 17.6 Å². The number of rotatable bonds is 10. The van der Waals surface area contributed by atoms with E-state index in [4.69, 9.17) is 19.9 Å². The molecule has 2 saturated carbocycles. The molecule has 53 heavy (non-hydrogen) atoms. The lowest BCUT2D eigenvalue weighted by atomic mass is 9.81. The molecule has 2 aliphatic carbocycles. The van der Waals surface area contributed by atoms with Crippen LogP contribution in [0.25, 0.3) is 33.6 Å². The maximum Gasteiger partial charge on any atom is 0.407 e. The summed E-state index contributed by atoms with van der Waals surface area (Å²) >= 11 is 0. The summed E-state index contributed by atoms with van der Waals surface area (Å²) in [5, 5.41) is 17.0. The number of aryl methyl sites for hydroxylation is 1. The Balaban J connectivity index is 1.04. The summed E-state index contributed by atoms with van der Waals surface area (Å²) in [5.41, 5.74) is 12.9. The van der Waals surface area contributed by atoms with E-state index in [1.54, 1.807) is 24.3 Å². The van der Waals surface area contributed by atoms with E-state index in [2.05, 4.69) is 38.9 Å². The molecule has 13 heteroatoms. The zero-order chi connectivity index (χ0) is 37.3. The third-order valence-electron chi connectivity index (χ3n) is 10.0. The van der Waals surface area contributed by atoms with Crippen molar-refractivity contribution in [3.05, 3.63) is 77.7 Å². The van der Waals surface area contributed by atoms with E-state index in [0.717, 1.165) is 64.9 Å². The van der Waals surface area contributed by atoms with Crippen LogP contribution in [0.5, 0.6) is 0 Å². The number of imide groups is 1. The summed E-state index contributed by atoms with van der Waals surface area (Å²) in [7, 11) is 0. The highest BCUT2D eigenvalue weighted by molar-refractivity contribution is 6.17. The number of nitrogens with zero attached hydrogens (tertiary/aromatic N) is 5. The molecular formula is C40H46N8O5. The Morgan fingerprint density at radius 3 is 2.32 bits per heavy atom. The molecule has 0 saturated heterocycles. The van der Waals surface area contributed by atoms with Crippen LogP contribution in [0.4, 0.5) is 10.5 Å². The molecule has 5 aromatic rings. The minimum atomic E-state index is -0.967. The molecule has 2 heterocycles. The van der Waals surface area contributed by atoms with Gasteiger partial charge >= 0.3 is 6.09 Å². The van der Waals surface area contributed by atoms with Crippen LogP contribution in [-0.4, -0.2) is 61.7 Å². The van der Waals surface area contributed by atoms with Gasteiger partial charge in [0, 0.05) is 23.9 Å². The van der Waals surface area contributed by atoms with E-state index in [0.29, 0.717) is 42.4 Å². The molecule has 0 spiro atoms. The quantitative estimate of drug-likeness (QED) is 0.142. The smallest absolute Gasteiger partial charge is 0.407 e. The molecule has 0 radical (unpaired) electrons. The van der Waals surface area contributed by atoms with Gasteiger partial charge in [-0.3, -0.25) is 9.59 Å². The van der Waals surface area contributed by atoms with Crippen LogP contribution in [0.1, 0.15) is 82.2 Å². The Morgan fingerprint density at radius 2 is 1.68 bits per heavy atom. The maximum absolute atomic E-state index is 14.2. The van der Waals surface area contributed by atoms with E-state index in [1.807, 2.05) is 51.1 Å². The molecule has 7 rings (SSSR count). The van der Waals surface area contributed by atoms with Crippen LogP contribution in [0.15, 0.2) is 65.1 Å². The fourth-order valence-electron chi connectivity index (χ4n) is 6.98. The molecule has 0 unspecified atom stereocenters. The van der Waals surface area contributed by atoms with Crippen molar-refractivity contribution in [3.8, 4) is 22.5 Å². The monoisotopic (exact) mass is 718 g/mol. The van der Waals surface area contributed by atoms with Gasteiger partial charge in [0.2, 0.25) is 11.7 Å². The molecule has 2 fully saturated rings. The number of carbonyl (C=O) groups is 3. The van der Waals surface area contributed by atoms with Crippen molar-refractivity contribution in [3.63, 3.8) is 0 Å². The van der Waals surface area contributed by atoms with Crippen molar-refractivity contribution in [1.29, 1.82) is 0 Å². The Bertz CT molecular complexity index is 2070. The van der Waals surface area contributed by atoms with E-state index >= 15 is 0 Å². The van der Waals surface area contributed by atoms with Crippen molar-refractivity contribution in [1.82, 2.24) is 30.9 Å². The number of ether oxygens (including phenoxy) is 1. The number of fused-ring (bicyclic) bond motifs is 1. The number of hydrogen-bond donors (Lipinski definition) is 3. The number of benzene rings is 3. The average molecular weight is 719 g/mol. The van der Waals surface area contributed by atoms with Crippen molar-refractivity contribution in [2.45, 2.75) is 90.2 Å². The predicted octanol–water partition coefficient (Wildman–Crippen LogP) is 6.62. The van der Waals surface area contributed by atoms with Gasteiger partial charge in [-0.15, -0.1) is 10.2 Å². The number of oxazole rings is 1. The van der Waals surface area contributed by atoms with Gasteiger partial charge in [-0.05, 0) is 142 Å². The zero-order valence-corrected chi connectivity index (χ0v) is 30.6. The third-order valence-corrected chi connectivity index (χ3v) is 10.0. The van der Waals surface area contributed by atoms with Gasteiger partial charge in [-0.2, -0.15) is 5.21 Å². The lowest BCUT2D eigenvalue weighted by molar-refractivity contribution is -0.130. The lowest BCUT2D eigenvalue weighted by Gasteiger charge is -2.32. The Hall–Kier alpha value is -5.43. The Kier molecular flexibility index (Phi) is 10.1. The number of tetrazole rings is 1. The SMILES string of the molecule is Cc1cc2oc(C3CC3)nc2cc1-c1ccc(C[C@H](N)C(=O)N(C(=O)C2CCC(CNC(=O)OC(C)(C)C)CC2)c2ccc(-c3nn[nH]n3)cc2)cc1. The van der Waals surface area contributed by atoms with Crippen LogP contribution < -0.4 is 16.0 Å². The molecule has 3 aromatic carbocycles. The number of aromatic nitrogens is 5. The van der Waals surface area contributed by atoms with Crippen LogP contribution in [0.2, 0.25) is 0 Å². The van der Waals surface area contributed by atoms with Gasteiger partial charge in [-0.25, -0.2) is 14.7 Å². The van der Waals surface area contributed by atoms with Gasteiger partial charge in [0.1, 0.15) is 11.1 Å². The highest BCUT2D eigenvalue weighted by Gasteiger charge is 2.36. The standard InChI is InChI=1S/C40H46N8O5/c1-23-19-34-33(43-36(52-34)28-13-14-28)21-31(23)26-9-5-24(6-10-26)20-32(41)38(50)48(30-17-15-27(16-18-30)35-44-46-47-45-35)37(49)29-11-7-25(8-12-29)22-42-39(51)53-40(2,3)4/h5-6,9-10,15-19,21,25,28-29,32H,7-8,11-14,20,22,41H2,1-4H3,(H,42,51)(H,44,45,46,47)/t25?,29?,32-/m0/s1. The van der Waals surface area contributed by atoms with E-state index < -0.39 is 23.6 Å². The normalized spacial score (nSPS) is 18.1. The molecular weight excluding hydrogens is 672 g/mol. The first-order valence-corrected chi connectivity index (χ1v) is 18.4.